The van der Waals surface area contributed by atoms with Crippen molar-refractivity contribution in [1.82, 2.24) is 29.9 Å². The summed E-state index contributed by atoms with van der Waals surface area (Å²) in [5, 5.41) is 10.5. The molecule has 8 nitrogen and oxygen atoms in total. The Balaban J connectivity index is 0.820. The monoisotopic (exact) mass is 1020 g/mol. The van der Waals surface area contributed by atoms with Crippen LogP contribution in [-0.2, 0) is 0 Å². The van der Waals surface area contributed by atoms with Crippen LogP contribution in [-0.4, -0.2) is 29.9 Å². The maximum atomic E-state index is 6.92. The number of hydrogen-bond donors (Lipinski definition) is 0. The summed E-state index contributed by atoms with van der Waals surface area (Å²) >= 11 is 0. The minimum atomic E-state index is 0.550. The fourth-order valence-corrected chi connectivity index (χ4v) is 11.4. The predicted octanol–water partition coefficient (Wildman–Crippen LogP) is 18.7. The van der Waals surface area contributed by atoms with Crippen molar-refractivity contribution in [2.75, 3.05) is 0 Å². The van der Waals surface area contributed by atoms with Crippen LogP contribution in [0.4, 0.5) is 0 Å². The van der Waals surface area contributed by atoms with E-state index in [1.165, 1.54) is 0 Å². The van der Waals surface area contributed by atoms with E-state index in [0.29, 0.717) is 34.9 Å². The second kappa shape index (κ2) is 18.4. The van der Waals surface area contributed by atoms with Crippen molar-refractivity contribution >= 4 is 76.2 Å². The molecule has 0 spiro atoms. The van der Waals surface area contributed by atoms with E-state index >= 15 is 0 Å². The smallest absolute Gasteiger partial charge is 0.164 e. The number of para-hydroxylation sites is 2. The number of nitrogens with zero attached hydrogens (tertiary/aromatic N) is 6. The minimum absolute atomic E-state index is 0.550. The van der Waals surface area contributed by atoms with E-state index in [1.54, 1.807) is 0 Å². The molecule has 0 amide bonds. The predicted molar refractivity (Wildman–Crippen MR) is 324 cm³/mol. The fraction of sp³-hybridized carbons (Fsp3) is 0. The standard InChI is InChI=1S/C72H42N6O2/c1-3-15-43(16-4-1)45-31-34-47(35-32-45)68-74-69(77-72(76-68)58-29-12-22-50-39-61-55-25-9-10-30-63(55)79-65(61)42-60(50)58)52-24-11-21-49(38-52)54-26-14-27-56-62-41-59-51(40-64(62)80-66(54)56)23-13-28-57(59)71-75-67(46-18-5-2-6-19-46)73-70(78-71)53-36-33-44-17-7-8-20-48(44)37-53/h1-42H. The maximum absolute atomic E-state index is 6.92. The van der Waals surface area contributed by atoms with Crippen molar-refractivity contribution in [3.8, 4) is 90.6 Å². The van der Waals surface area contributed by atoms with Crippen LogP contribution < -0.4 is 0 Å². The van der Waals surface area contributed by atoms with Gasteiger partial charge in [0.05, 0.1) is 0 Å². The third-order valence-electron chi connectivity index (χ3n) is 15.3. The molecular weight excluding hydrogens is 981 g/mol. The van der Waals surface area contributed by atoms with Crippen molar-refractivity contribution in [2.24, 2.45) is 0 Å². The zero-order valence-corrected chi connectivity index (χ0v) is 42.7. The van der Waals surface area contributed by atoms with Crippen LogP contribution in [0.5, 0.6) is 0 Å². The number of benzene rings is 12. The lowest BCUT2D eigenvalue weighted by Gasteiger charge is -2.12. The highest BCUT2D eigenvalue weighted by molar-refractivity contribution is 6.15. The Morgan fingerprint density at radius 3 is 1.41 bits per heavy atom. The third kappa shape index (κ3) is 7.77. The molecule has 0 radical (unpaired) electrons. The molecule has 0 aliphatic rings. The Bertz CT molecular complexity index is 5130. The third-order valence-corrected chi connectivity index (χ3v) is 15.3. The first-order valence-electron chi connectivity index (χ1n) is 26.6. The van der Waals surface area contributed by atoms with Gasteiger partial charge in [-0.25, -0.2) is 29.9 Å². The summed E-state index contributed by atoms with van der Waals surface area (Å²) in [6, 6.07) is 87.8. The molecule has 0 unspecified atom stereocenters. The summed E-state index contributed by atoms with van der Waals surface area (Å²) in [5.74, 6) is 3.49. The van der Waals surface area contributed by atoms with E-state index in [4.69, 9.17) is 38.7 Å². The molecule has 0 saturated heterocycles. The van der Waals surface area contributed by atoms with Gasteiger partial charge < -0.3 is 8.83 Å². The number of fused-ring (bicyclic) bond motifs is 9. The average Bonchev–Trinajstić information content (AvgIpc) is 4.29. The van der Waals surface area contributed by atoms with Crippen molar-refractivity contribution < 1.29 is 8.83 Å². The lowest BCUT2D eigenvalue weighted by atomic mass is 9.98. The Labute approximate surface area is 458 Å². The molecule has 0 aliphatic heterocycles. The Morgan fingerprint density at radius 1 is 0.200 bits per heavy atom. The first-order chi connectivity index (χ1) is 39.6. The fourth-order valence-electron chi connectivity index (χ4n) is 11.4. The molecule has 4 heterocycles. The number of rotatable bonds is 8. The maximum Gasteiger partial charge on any atom is 0.164 e. The first kappa shape index (κ1) is 45.3. The van der Waals surface area contributed by atoms with Gasteiger partial charge in [0.15, 0.2) is 34.9 Å². The highest BCUT2D eigenvalue weighted by Crippen LogP contribution is 2.42. The molecule has 0 N–H and O–H groups in total. The van der Waals surface area contributed by atoms with Crippen LogP contribution >= 0.6 is 0 Å². The van der Waals surface area contributed by atoms with Crippen molar-refractivity contribution in [3.05, 3.63) is 255 Å². The van der Waals surface area contributed by atoms with Gasteiger partial charge >= 0.3 is 0 Å². The molecule has 12 aromatic carbocycles. The van der Waals surface area contributed by atoms with E-state index in [2.05, 4.69) is 200 Å². The topological polar surface area (TPSA) is 104 Å². The van der Waals surface area contributed by atoms with Gasteiger partial charge in [-0.2, -0.15) is 0 Å². The lowest BCUT2D eigenvalue weighted by Crippen LogP contribution is -2.00. The number of hydrogen-bond acceptors (Lipinski definition) is 8. The van der Waals surface area contributed by atoms with Gasteiger partial charge in [0.2, 0.25) is 0 Å². The van der Waals surface area contributed by atoms with Crippen LogP contribution in [0.3, 0.4) is 0 Å². The molecule has 0 fully saturated rings. The minimum Gasteiger partial charge on any atom is -0.456 e. The van der Waals surface area contributed by atoms with Gasteiger partial charge in [-0.3, -0.25) is 0 Å². The summed E-state index contributed by atoms with van der Waals surface area (Å²) in [4.78, 5) is 31.2. The van der Waals surface area contributed by atoms with Crippen LogP contribution in [0.15, 0.2) is 264 Å². The second-order valence-corrected chi connectivity index (χ2v) is 20.2. The van der Waals surface area contributed by atoms with Crippen LogP contribution in [0, 0.1) is 0 Å². The summed E-state index contributed by atoms with van der Waals surface area (Å²) in [6.07, 6.45) is 0. The Kier molecular flexibility index (Phi) is 10.4. The lowest BCUT2D eigenvalue weighted by molar-refractivity contribution is 0.669. The highest BCUT2D eigenvalue weighted by atomic mass is 16.3. The number of furan rings is 2. The van der Waals surface area contributed by atoms with Gasteiger partial charge in [-0.15, -0.1) is 0 Å². The summed E-state index contributed by atoms with van der Waals surface area (Å²) in [6.45, 7) is 0. The largest absolute Gasteiger partial charge is 0.456 e. The van der Waals surface area contributed by atoms with E-state index in [1.807, 2.05) is 54.6 Å². The molecule has 0 atom stereocenters. The SMILES string of the molecule is c1ccc(-c2ccc(-c3nc(-c4cccc(-c5cccc6c5oc5cc7cccc(-c8nc(-c9ccccc9)nc(-c9ccc%10ccccc%10c9)n8)c7cc56)c4)nc(-c4cccc5cc6c(cc45)oc4ccccc46)n3)cc2)cc1. The van der Waals surface area contributed by atoms with E-state index < -0.39 is 0 Å². The van der Waals surface area contributed by atoms with Crippen molar-refractivity contribution in [2.45, 2.75) is 0 Å². The molecule has 372 valence electrons. The van der Waals surface area contributed by atoms with E-state index in [0.717, 1.165) is 132 Å². The zero-order valence-electron chi connectivity index (χ0n) is 42.7. The normalized spacial score (nSPS) is 11.8. The van der Waals surface area contributed by atoms with Gasteiger partial charge in [0.25, 0.3) is 0 Å². The highest BCUT2D eigenvalue weighted by Gasteiger charge is 2.21. The van der Waals surface area contributed by atoms with Crippen molar-refractivity contribution in [1.29, 1.82) is 0 Å². The molecule has 0 saturated carbocycles. The van der Waals surface area contributed by atoms with E-state index in [9.17, 15) is 0 Å². The summed E-state index contributed by atoms with van der Waals surface area (Å²) in [5.41, 5.74) is 12.7. The van der Waals surface area contributed by atoms with Crippen LogP contribution in [0.25, 0.3) is 167 Å². The Morgan fingerprint density at radius 2 is 0.662 bits per heavy atom. The number of aromatic nitrogens is 6. The van der Waals surface area contributed by atoms with Gasteiger partial charge in [-0.05, 0) is 91.5 Å². The zero-order chi connectivity index (χ0) is 52.7. The molecule has 80 heavy (non-hydrogen) atoms. The first-order valence-corrected chi connectivity index (χ1v) is 26.6. The van der Waals surface area contributed by atoms with Crippen LogP contribution in [0.2, 0.25) is 0 Å². The summed E-state index contributed by atoms with van der Waals surface area (Å²) in [7, 11) is 0. The van der Waals surface area contributed by atoms with Gasteiger partial charge in [-0.1, -0.05) is 212 Å². The molecular formula is C72H42N6O2. The van der Waals surface area contributed by atoms with Gasteiger partial charge in [0.1, 0.15) is 22.3 Å². The van der Waals surface area contributed by atoms with Crippen LogP contribution in [0.1, 0.15) is 0 Å². The molecule has 16 rings (SSSR count). The van der Waals surface area contributed by atoms with Gasteiger partial charge in [0, 0.05) is 60.5 Å². The Hall–Kier alpha value is -11.0. The van der Waals surface area contributed by atoms with E-state index in [-0.39, 0.29) is 0 Å². The molecule has 16 aromatic rings. The molecule has 8 heteroatoms. The summed E-state index contributed by atoms with van der Waals surface area (Å²) < 4.78 is 13.3. The second-order valence-electron chi connectivity index (χ2n) is 20.2. The molecule has 0 bridgehead atoms. The molecule has 0 aliphatic carbocycles. The quantitative estimate of drug-likeness (QED) is 0.148. The molecule has 4 aromatic heterocycles. The average molecular weight is 1020 g/mol. The van der Waals surface area contributed by atoms with Crippen molar-refractivity contribution in [3.63, 3.8) is 0 Å².